The van der Waals surface area contributed by atoms with Crippen LogP contribution in [0.25, 0.3) is 0 Å². The maximum Gasteiger partial charge on any atom is 0.339 e. The monoisotopic (exact) mass is 481 g/mol. The summed E-state index contributed by atoms with van der Waals surface area (Å²) in [6.07, 6.45) is 1.38. The lowest BCUT2D eigenvalue weighted by Crippen LogP contribution is -2.22. The first kappa shape index (κ1) is 22.7. The molecule has 0 saturated carbocycles. The number of thioether (sulfide) groups is 1. The van der Waals surface area contributed by atoms with Crippen molar-refractivity contribution < 1.29 is 27.1 Å². The van der Waals surface area contributed by atoms with Crippen molar-refractivity contribution in [1.29, 1.82) is 0 Å². The fourth-order valence-electron chi connectivity index (χ4n) is 2.52. The van der Waals surface area contributed by atoms with Gasteiger partial charge < -0.3 is 8.92 Å². The Balaban J connectivity index is 1.86. The number of nitro benzene ring substituents is 1. The van der Waals surface area contributed by atoms with Crippen LogP contribution >= 0.6 is 24.0 Å². The molecule has 1 saturated heterocycles. The summed E-state index contributed by atoms with van der Waals surface area (Å²) < 4.78 is 35.9. The van der Waals surface area contributed by atoms with E-state index >= 15 is 0 Å². The Labute approximate surface area is 187 Å². The SMILES string of the molecule is COc1cc(/C=N\N2C(=O)CSC2=S)ccc1OS(=O)(=O)c1ccc(C)c([N+](=O)[O-])c1. The van der Waals surface area contributed by atoms with Crippen molar-refractivity contribution in [2.24, 2.45) is 5.10 Å². The minimum Gasteiger partial charge on any atom is -0.493 e. The highest BCUT2D eigenvalue weighted by Gasteiger charge is 2.26. The van der Waals surface area contributed by atoms with Crippen LogP contribution in [0, 0.1) is 17.0 Å². The highest BCUT2D eigenvalue weighted by molar-refractivity contribution is 8.23. The minimum absolute atomic E-state index is 0.0823. The largest absolute Gasteiger partial charge is 0.493 e. The number of amides is 1. The third-order valence-corrected chi connectivity index (χ3v) is 6.67. The van der Waals surface area contributed by atoms with E-state index in [4.69, 9.17) is 21.1 Å². The van der Waals surface area contributed by atoms with Gasteiger partial charge in [0.25, 0.3) is 11.6 Å². The predicted octanol–water partition coefficient (Wildman–Crippen LogP) is 2.87. The Morgan fingerprint density at radius 1 is 1.26 bits per heavy atom. The van der Waals surface area contributed by atoms with Gasteiger partial charge in [-0.25, -0.2) is 0 Å². The van der Waals surface area contributed by atoms with E-state index in [1.165, 1.54) is 62.3 Å². The van der Waals surface area contributed by atoms with Crippen molar-refractivity contribution in [3.63, 3.8) is 0 Å². The van der Waals surface area contributed by atoms with Gasteiger partial charge in [-0.1, -0.05) is 30.0 Å². The smallest absolute Gasteiger partial charge is 0.339 e. The summed E-state index contributed by atoms with van der Waals surface area (Å²) in [5, 5.41) is 16.2. The molecule has 0 N–H and O–H groups in total. The third kappa shape index (κ3) is 5.00. The number of rotatable bonds is 7. The van der Waals surface area contributed by atoms with Crippen LogP contribution in [0.2, 0.25) is 0 Å². The minimum atomic E-state index is -4.36. The first-order valence-electron chi connectivity index (χ1n) is 8.53. The van der Waals surface area contributed by atoms with Gasteiger partial charge in [0.1, 0.15) is 4.90 Å². The van der Waals surface area contributed by atoms with Crippen LogP contribution < -0.4 is 8.92 Å². The average Bonchev–Trinajstić information content (AvgIpc) is 3.04. The van der Waals surface area contributed by atoms with Crippen molar-refractivity contribution in [2.75, 3.05) is 12.9 Å². The van der Waals surface area contributed by atoms with Crippen LogP contribution in [0.1, 0.15) is 11.1 Å². The Bertz CT molecular complexity index is 1200. The first-order chi connectivity index (χ1) is 14.6. The summed E-state index contributed by atoms with van der Waals surface area (Å²) >= 11 is 6.25. The Morgan fingerprint density at radius 2 is 2.00 bits per heavy atom. The molecule has 0 aromatic heterocycles. The average molecular weight is 482 g/mol. The van der Waals surface area contributed by atoms with Crippen molar-refractivity contribution >= 4 is 56.2 Å². The number of hydrogen-bond acceptors (Lipinski definition) is 10. The second kappa shape index (κ2) is 8.99. The van der Waals surface area contributed by atoms with Gasteiger partial charge in [-0.05, 0) is 36.8 Å². The van der Waals surface area contributed by atoms with Crippen molar-refractivity contribution in [3.05, 3.63) is 57.6 Å². The van der Waals surface area contributed by atoms with E-state index in [1.54, 1.807) is 0 Å². The van der Waals surface area contributed by atoms with Crippen LogP contribution in [0.3, 0.4) is 0 Å². The highest BCUT2D eigenvalue weighted by Crippen LogP contribution is 2.32. The number of hydrogen-bond donors (Lipinski definition) is 0. The molecule has 0 radical (unpaired) electrons. The molecule has 1 aliphatic rings. The summed E-state index contributed by atoms with van der Waals surface area (Å²) in [6, 6.07) is 7.80. The summed E-state index contributed by atoms with van der Waals surface area (Å²) in [7, 11) is -3.04. The molecule has 1 heterocycles. The van der Waals surface area contributed by atoms with Gasteiger partial charge in [0.05, 0.1) is 24.0 Å². The molecule has 1 amide bonds. The molecule has 162 valence electrons. The fraction of sp³-hybridized carbons (Fsp3) is 0.167. The molecule has 0 bridgehead atoms. The number of carbonyl (C=O) groups is 1. The number of nitrogens with zero attached hydrogens (tertiary/aromatic N) is 3. The van der Waals surface area contributed by atoms with Gasteiger partial charge in [-0.2, -0.15) is 18.5 Å². The van der Waals surface area contributed by atoms with Crippen LogP contribution in [-0.2, 0) is 14.9 Å². The topological polar surface area (TPSA) is 128 Å². The normalized spacial score (nSPS) is 14.3. The number of ether oxygens (including phenoxy) is 1. The van der Waals surface area contributed by atoms with E-state index in [2.05, 4.69) is 5.10 Å². The maximum atomic E-state index is 12.6. The number of aryl methyl sites for hydroxylation is 1. The van der Waals surface area contributed by atoms with E-state index in [-0.39, 0.29) is 33.7 Å². The molecule has 10 nitrogen and oxygen atoms in total. The zero-order valence-electron chi connectivity index (χ0n) is 16.2. The molecule has 0 spiro atoms. The van der Waals surface area contributed by atoms with E-state index in [9.17, 15) is 23.3 Å². The van der Waals surface area contributed by atoms with Crippen LogP contribution in [0.4, 0.5) is 5.69 Å². The molecule has 0 unspecified atom stereocenters. The zero-order valence-corrected chi connectivity index (χ0v) is 18.6. The van der Waals surface area contributed by atoms with E-state index in [0.717, 1.165) is 11.1 Å². The molecular weight excluding hydrogens is 466 g/mol. The summed E-state index contributed by atoms with van der Waals surface area (Å²) in [4.78, 5) is 21.8. The molecule has 3 rings (SSSR count). The molecule has 0 aliphatic carbocycles. The van der Waals surface area contributed by atoms with Gasteiger partial charge in [0, 0.05) is 11.6 Å². The zero-order chi connectivity index (χ0) is 22.8. The lowest BCUT2D eigenvalue weighted by atomic mass is 10.2. The number of thiocarbonyl (C=S) groups is 1. The van der Waals surface area contributed by atoms with Crippen molar-refractivity contribution in [2.45, 2.75) is 11.8 Å². The molecular formula is C18H15N3O7S3. The van der Waals surface area contributed by atoms with E-state index in [1.807, 2.05) is 0 Å². The third-order valence-electron chi connectivity index (χ3n) is 4.10. The van der Waals surface area contributed by atoms with Gasteiger partial charge in [0.2, 0.25) is 0 Å². The van der Waals surface area contributed by atoms with Gasteiger partial charge >= 0.3 is 10.1 Å². The van der Waals surface area contributed by atoms with Crippen molar-refractivity contribution in [1.82, 2.24) is 5.01 Å². The fourth-order valence-corrected chi connectivity index (χ4v) is 4.45. The number of nitro groups is 1. The van der Waals surface area contributed by atoms with Gasteiger partial charge in [-0.15, -0.1) is 0 Å². The molecule has 1 aliphatic heterocycles. The molecule has 13 heteroatoms. The summed E-state index contributed by atoms with van der Waals surface area (Å²) in [5.41, 5.74) is 0.482. The first-order valence-corrected chi connectivity index (χ1v) is 11.3. The Kier molecular flexibility index (Phi) is 6.57. The predicted molar refractivity (Wildman–Crippen MR) is 118 cm³/mol. The van der Waals surface area contributed by atoms with Crippen LogP contribution in [-0.4, -0.2) is 47.7 Å². The Morgan fingerprint density at radius 3 is 2.61 bits per heavy atom. The molecule has 2 aromatic rings. The Hall–Kier alpha value is -3.03. The number of hydrazone groups is 1. The van der Waals surface area contributed by atoms with Gasteiger partial charge in [-0.3, -0.25) is 14.9 Å². The van der Waals surface area contributed by atoms with Gasteiger partial charge in [0.15, 0.2) is 15.8 Å². The number of carbonyl (C=O) groups excluding carboxylic acids is 1. The quantitative estimate of drug-likeness (QED) is 0.193. The van der Waals surface area contributed by atoms with Crippen molar-refractivity contribution in [3.8, 4) is 11.5 Å². The maximum absolute atomic E-state index is 12.6. The molecule has 1 fully saturated rings. The molecule has 2 aromatic carbocycles. The second-order valence-electron chi connectivity index (χ2n) is 6.16. The number of benzene rings is 2. The van der Waals surface area contributed by atoms with Crippen LogP contribution in [0.5, 0.6) is 11.5 Å². The standard InChI is InChI=1S/C18H15N3O7S3/c1-11-3-5-13(8-14(11)21(23)24)31(25,26)28-15-6-4-12(7-16(15)27-2)9-19-20-17(22)10-30-18(20)29/h3-9H,10H2,1-2H3/b19-9-. The van der Waals surface area contributed by atoms with Crippen LogP contribution in [0.15, 0.2) is 46.4 Å². The molecule has 31 heavy (non-hydrogen) atoms. The van der Waals surface area contributed by atoms with E-state index < -0.39 is 15.0 Å². The highest BCUT2D eigenvalue weighted by atomic mass is 32.2. The lowest BCUT2D eigenvalue weighted by Gasteiger charge is -2.12. The summed E-state index contributed by atoms with van der Waals surface area (Å²) in [5.74, 6) is -0.0529. The second-order valence-corrected chi connectivity index (χ2v) is 9.31. The lowest BCUT2D eigenvalue weighted by molar-refractivity contribution is -0.385. The summed E-state index contributed by atoms with van der Waals surface area (Å²) in [6.45, 7) is 1.50. The van der Waals surface area contributed by atoms with E-state index in [0.29, 0.717) is 15.4 Å². The molecule has 0 atom stereocenters. The number of methoxy groups -OCH3 is 1.